The fourth-order valence-corrected chi connectivity index (χ4v) is 5.81. The summed E-state index contributed by atoms with van der Waals surface area (Å²) in [7, 11) is 4.34. The zero-order valence-corrected chi connectivity index (χ0v) is 21.8. The van der Waals surface area contributed by atoms with E-state index in [1.54, 1.807) is 6.20 Å². The lowest BCUT2D eigenvalue weighted by Crippen LogP contribution is -2.49. The quantitative estimate of drug-likeness (QED) is 0.328. The Kier molecular flexibility index (Phi) is 7.97. The number of nitrogens with one attached hydrogen (secondary N) is 2. The van der Waals surface area contributed by atoms with E-state index >= 15 is 0 Å². The lowest BCUT2D eigenvalue weighted by molar-refractivity contribution is -0.116. The van der Waals surface area contributed by atoms with Crippen LogP contribution >= 0.6 is 0 Å². The van der Waals surface area contributed by atoms with Crippen LogP contribution in [0.4, 0.5) is 5.69 Å². The van der Waals surface area contributed by atoms with Gasteiger partial charge in [-0.2, -0.15) is 5.10 Å². The first-order valence-corrected chi connectivity index (χ1v) is 13.3. The monoisotopic (exact) mass is 495 g/mol. The third-order valence-corrected chi connectivity index (χ3v) is 7.75. The first-order chi connectivity index (χ1) is 18.1. The van der Waals surface area contributed by atoms with E-state index in [4.69, 9.17) is 0 Å². The minimum Gasteiger partial charge on any atom is -0.326 e. The minimum atomic E-state index is 0.0694. The Morgan fingerprint density at radius 1 is 1.05 bits per heavy atom. The fraction of sp³-hybridized carbons (Fsp3) is 0.355. The number of hydrogen-bond acceptors (Lipinski definition) is 4. The fourth-order valence-electron chi connectivity index (χ4n) is 5.81. The van der Waals surface area contributed by atoms with Gasteiger partial charge in [-0.1, -0.05) is 60.7 Å². The van der Waals surface area contributed by atoms with Gasteiger partial charge in [0.2, 0.25) is 5.91 Å². The molecule has 6 heteroatoms. The summed E-state index contributed by atoms with van der Waals surface area (Å²) in [6.45, 7) is 3.07. The van der Waals surface area contributed by atoms with E-state index in [9.17, 15) is 4.79 Å². The number of carbonyl (C=O) groups excluding carboxylic acids is 1. The molecule has 37 heavy (non-hydrogen) atoms. The zero-order chi connectivity index (χ0) is 25.6. The molecule has 0 spiro atoms. The van der Waals surface area contributed by atoms with Gasteiger partial charge in [0.15, 0.2) is 0 Å². The average Bonchev–Trinajstić information content (AvgIpc) is 3.39. The van der Waals surface area contributed by atoms with Gasteiger partial charge in [-0.25, -0.2) is 0 Å². The SMILES string of the molecule is CN(C)[C@@H]1CCN(CC(c2ccccc2)c2ccccc2)C[C@@H]1CCC(=O)Nc1ccc2cn[nH]c2c1. The van der Waals surface area contributed by atoms with Crippen LogP contribution in [-0.2, 0) is 4.79 Å². The minimum absolute atomic E-state index is 0.0694. The summed E-state index contributed by atoms with van der Waals surface area (Å²) < 4.78 is 0. The van der Waals surface area contributed by atoms with Crippen molar-refractivity contribution in [1.82, 2.24) is 20.0 Å². The van der Waals surface area contributed by atoms with Gasteiger partial charge in [-0.05, 0) is 68.7 Å². The van der Waals surface area contributed by atoms with Crippen LogP contribution in [0.15, 0.2) is 85.1 Å². The van der Waals surface area contributed by atoms with Crippen LogP contribution in [0, 0.1) is 5.92 Å². The Bertz CT molecular complexity index is 1250. The lowest BCUT2D eigenvalue weighted by atomic mass is 9.85. The van der Waals surface area contributed by atoms with Crippen LogP contribution in [-0.4, -0.2) is 65.7 Å². The Hall–Kier alpha value is -3.48. The van der Waals surface area contributed by atoms with E-state index in [-0.39, 0.29) is 5.91 Å². The molecule has 0 saturated carbocycles. The third-order valence-electron chi connectivity index (χ3n) is 7.75. The number of rotatable bonds is 9. The van der Waals surface area contributed by atoms with Gasteiger partial charge in [0.25, 0.3) is 0 Å². The van der Waals surface area contributed by atoms with Gasteiger partial charge in [0, 0.05) is 42.5 Å². The molecule has 1 fully saturated rings. The topological polar surface area (TPSA) is 64.3 Å². The highest BCUT2D eigenvalue weighted by Gasteiger charge is 2.32. The molecule has 192 valence electrons. The van der Waals surface area contributed by atoms with Crippen molar-refractivity contribution in [2.75, 3.05) is 39.0 Å². The maximum atomic E-state index is 12.9. The second kappa shape index (κ2) is 11.7. The number of fused-ring (bicyclic) bond motifs is 1. The van der Waals surface area contributed by atoms with Crippen molar-refractivity contribution in [2.45, 2.75) is 31.2 Å². The molecule has 2 atom stereocenters. The predicted octanol–water partition coefficient (Wildman–Crippen LogP) is 5.37. The van der Waals surface area contributed by atoms with Crippen molar-refractivity contribution in [1.29, 1.82) is 0 Å². The average molecular weight is 496 g/mol. The molecule has 1 aliphatic heterocycles. The molecule has 0 bridgehead atoms. The van der Waals surface area contributed by atoms with Crippen LogP contribution in [0.25, 0.3) is 10.9 Å². The van der Waals surface area contributed by atoms with E-state index in [0.29, 0.717) is 24.3 Å². The van der Waals surface area contributed by atoms with Gasteiger partial charge in [-0.15, -0.1) is 0 Å². The molecule has 1 aliphatic rings. The summed E-state index contributed by atoms with van der Waals surface area (Å²) in [6, 6.07) is 28.0. The third kappa shape index (κ3) is 6.27. The van der Waals surface area contributed by atoms with Crippen LogP contribution in [0.3, 0.4) is 0 Å². The number of likely N-dealkylation sites (tertiary alicyclic amines) is 1. The number of amides is 1. The molecule has 6 nitrogen and oxygen atoms in total. The van der Waals surface area contributed by atoms with Crippen molar-refractivity contribution < 1.29 is 4.79 Å². The lowest BCUT2D eigenvalue weighted by Gasteiger charge is -2.43. The number of H-pyrrole nitrogens is 1. The van der Waals surface area contributed by atoms with Crippen LogP contribution in [0.5, 0.6) is 0 Å². The van der Waals surface area contributed by atoms with Crippen molar-refractivity contribution in [2.24, 2.45) is 5.92 Å². The van der Waals surface area contributed by atoms with Gasteiger partial charge >= 0.3 is 0 Å². The number of anilines is 1. The maximum absolute atomic E-state index is 12.9. The van der Waals surface area contributed by atoms with E-state index in [0.717, 1.165) is 49.1 Å². The van der Waals surface area contributed by atoms with Crippen LogP contribution in [0.1, 0.15) is 36.3 Å². The van der Waals surface area contributed by atoms with Crippen LogP contribution < -0.4 is 5.32 Å². The Morgan fingerprint density at radius 3 is 2.43 bits per heavy atom. The Labute approximate surface area is 219 Å². The number of nitrogens with zero attached hydrogens (tertiary/aromatic N) is 3. The second-order valence-corrected chi connectivity index (χ2v) is 10.5. The highest BCUT2D eigenvalue weighted by Crippen LogP contribution is 2.30. The van der Waals surface area contributed by atoms with Gasteiger partial charge in [0.1, 0.15) is 0 Å². The summed E-state index contributed by atoms with van der Waals surface area (Å²) in [5.41, 5.74) is 4.45. The summed E-state index contributed by atoms with van der Waals surface area (Å²) in [5.74, 6) is 0.844. The van der Waals surface area contributed by atoms with Crippen molar-refractivity contribution in [3.8, 4) is 0 Å². The Morgan fingerprint density at radius 2 is 1.76 bits per heavy atom. The molecule has 1 aromatic heterocycles. The predicted molar refractivity (Wildman–Crippen MR) is 151 cm³/mol. The normalized spacial score (nSPS) is 18.5. The molecular weight excluding hydrogens is 458 g/mol. The van der Waals surface area contributed by atoms with E-state index in [1.807, 2.05) is 18.2 Å². The van der Waals surface area contributed by atoms with Crippen molar-refractivity contribution in [3.63, 3.8) is 0 Å². The first-order valence-electron chi connectivity index (χ1n) is 13.3. The number of aromatic amines is 1. The zero-order valence-electron chi connectivity index (χ0n) is 21.8. The number of carbonyl (C=O) groups is 1. The maximum Gasteiger partial charge on any atom is 0.224 e. The highest BCUT2D eigenvalue weighted by atomic mass is 16.1. The molecule has 0 aliphatic carbocycles. The van der Waals surface area contributed by atoms with Crippen molar-refractivity contribution in [3.05, 3.63) is 96.2 Å². The second-order valence-electron chi connectivity index (χ2n) is 10.5. The van der Waals surface area contributed by atoms with Crippen LogP contribution in [0.2, 0.25) is 0 Å². The summed E-state index contributed by atoms with van der Waals surface area (Å²) in [5, 5.41) is 11.1. The Balaban J connectivity index is 1.24. The van der Waals surface area contributed by atoms with Gasteiger partial charge in [-0.3, -0.25) is 9.89 Å². The molecule has 1 saturated heterocycles. The summed E-state index contributed by atoms with van der Waals surface area (Å²) >= 11 is 0. The van der Waals surface area contributed by atoms with E-state index in [2.05, 4.69) is 100 Å². The van der Waals surface area contributed by atoms with E-state index < -0.39 is 0 Å². The molecule has 0 radical (unpaired) electrons. The molecule has 2 N–H and O–H groups in total. The first kappa shape index (κ1) is 25.2. The molecule has 4 aromatic rings. The van der Waals surface area contributed by atoms with Gasteiger partial charge in [0.05, 0.1) is 11.7 Å². The molecule has 5 rings (SSSR count). The van der Waals surface area contributed by atoms with Gasteiger partial charge < -0.3 is 15.1 Å². The van der Waals surface area contributed by atoms with E-state index in [1.165, 1.54) is 11.1 Å². The molecule has 2 heterocycles. The smallest absolute Gasteiger partial charge is 0.224 e. The number of benzene rings is 3. The highest BCUT2D eigenvalue weighted by molar-refractivity contribution is 5.93. The molecular formula is C31H37N5O. The number of aromatic nitrogens is 2. The summed E-state index contributed by atoms with van der Waals surface area (Å²) in [4.78, 5) is 17.8. The largest absolute Gasteiger partial charge is 0.326 e. The number of piperidine rings is 1. The number of hydrogen-bond donors (Lipinski definition) is 2. The molecule has 0 unspecified atom stereocenters. The molecule has 1 amide bonds. The standard InChI is InChI=1S/C31H37N5O/c1-35(2)30-17-18-36(22-28(23-9-5-3-6-10-23)24-11-7-4-8-12-24)21-26(30)14-16-31(37)33-27-15-13-25-20-32-34-29(25)19-27/h3-13,15,19-20,26,28,30H,14,16-18,21-22H2,1-2H3,(H,32,34)(H,33,37)/t26-,30+/m0/s1. The molecule has 3 aromatic carbocycles. The van der Waals surface area contributed by atoms with Crippen molar-refractivity contribution >= 4 is 22.5 Å². The summed E-state index contributed by atoms with van der Waals surface area (Å²) in [6.07, 6.45) is 4.30.